The Kier molecular flexibility index (Phi) is 5.27. The minimum absolute atomic E-state index is 0.131. The molecule has 1 fully saturated rings. The third kappa shape index (κ3) is 4.16. The van der Waals surface area contributed by atoms with Gasteiger partial charge in [-0.25, -0.2) is 14.8 Å². The van der Waals surface area contributed by atoms with Crippen LogP contribution in [0.15, 0.2) is 47.4 Å². The van der Waals surface area contributed by atoms with Crippen molar-refractivity contribution in [3.8, 4) is 11.4 Å². The van der Waals surface area contributed by atoms with Crippen LogP contribution in [0.5, 0.6) is 0 Å². The molecule has 1 atom stereocenters. The number of benzene rings is 1. The van der Waals surface area contributed by atoms with Gasteiger partial charge in [-0.15, -0.1) is 0 Å². The van der Waals surface area contributed by atoms with E-state index >= 15 is 0 Å². The molecular weight excluding hydrogens is 356 g/mol. The molecule has 2 amide bonds. The molecule has 0 radical (unpaired) electrons. The normalized spacial score (nSPS) is 16.8. The highest BCUT2D eigenvalue weighted by atomic mass is 16.5. The van der Waals surface area contributed by atoms with Crippen LogP contribution in [0.2, 0.25) is 0 Å². The molecule has 1 aliphatic heterocycles. The van der Waals surface area contributed by atoms with Gasteiger partial charge in [0, 0.05) is 36.5 Å². The second-order valence-electron chi connectivity index (χ2n) is 6.96. The smallest absolute Gasteiger partial charge is 0.317 e. The van der Waals surface area contributed by atoms with Crippen molar-refractivity contribution >= 4 is 6.03 Å². The summed E-state index contributed by atoms with van der Waals surface area (Å²) < 4.78 is 5.27. The number of likely N-dealkylation sites (tertiary alicyclic amines) is 1. The summed E-state index contributed by atoms with van der Waals surface area (Å²) in [6.07, 6.45) is 5.25. The van der Waals surface area contributed by atoms with Crippen molar-refractivity contribution in [1.29, 1.82) is 0 Å². The molecule has 3 aromatic rings. The summed E-state index contributed by atoms with van der Waals surface area (Å²) in [5.41, 5.74) is 3.03. The van der Waals surface area contributed by atoms with Gasteiger partial charge in [-0.2, -0.15) is 4.98 Å². The number of rotatable bonds is 4. The van der Waals surface area contributed by atoms with E-state index in [4.69, 9.17) is 4.52 Å². The number of carbonyl (C=O) groups excluding carboxylic acids is 1. The Hall–Kier alpha value is -3.29. The van der Waals surface area contributed by atoms with Gasteiger partial charge in [-0.3, -0.25) is 0 Å². The summed E-state index contributed by atoms with van der Waals surface area (Å²) in [6, 6.07) is 9.67. The molecule has 0 saturated carbocycles. The monoisotopic (exact) mass is 378 g/mol. The number of nitrogens with zero attached hydrogens (tertiary/aromatic N) is 5. The third-order valence-corrected chi connectivity index (χ3v) is 4.90. The molecule has 0 bridgehead atoms. The molecule has 8 nitrogen and oxygen atoms in total. The molecule has 4 rings (SSSR count). The number of amides is 2. The van der Waals surface area contributed by atoms with Crippen LogP contribution in [0.1, 0.15) is 35.9 Å². The Labute approximate surface area is 163 Å². The second-order valence-corrected chi connectivity index (χ2v) is 6.96. The Bertz CT molecular complexity index is 925. The van der Waals surface area contributed by atoms with Gasteiger partial charge in [0.15, 0.2) is 0 Å². The van der Waals surface area contributed by atoms with Gasteiger partial charge in [-0.05, 0) is 25.8 Å². The first-order valence-corrected chi connectivity index (χ1v) is 9.37. The molecule has 2 aromatic heterocycles. The molecule has 8 heteroatoms. The molecule has 3 heterocycles. The van der Waals surface area contributed by atoms with E-state index in [0.29, 0.717) is 18.3 Å². The molecule has 0 aliphatic carbocycles. The Morgan fingerprint density at radius 3 is 2.93 bits per heavy atom. The molecule has 28 heavy (non-hydrogen) atoms. The maximum Gasteiger partial charge on any atom is 0.317 e. The minimum atomic E-state index is -0.131. The quantitative estimate of drug-likeness (QED) is 0.750. The van der Waals surface area contributed by atoms with Crippen LogP contribution in [-0.4, -0.2) is 44.1 Å². The van der Waals surface area contributed by atoms with Crippen molar-refractivity contribution in [2.24, 2.45) is 0 Å². The third-order valence-electron chi connectivity index (χ3n) is 4.90. The van der Waals surface area contributed by atoms with Crippen LogP contribution in [0, 0.1) is 6.92 Å². The van der Waals surface area contributed by atoms with Crippen LogP contribution in [0.4, 0.5) is 4.79 Å². The zero-order valence-electron chi connectivity index (χ0n) is 15.7. The van der Waals surface area contributed by atoms with E-state index in [-0.39, 0.29) is 18.5 Å². The Balaban J connectivity index is 1.33. The van der Waals surface area contributed by atoms with Crippen LogP contribution >= 0.6 is 0 Å². The summed E-state index contributed by atoms with van der Waals surface area (Å²) in [4.78, 5) is 27.0. The molecule has 1 aromatic carbocycles. The number of aromatic nitrogens is 4. The number of hydrogen-bond acceptors (Lipinski definition) is 6. The van der Waals surface area contributed by atoms with Crippen LogP contribution in [0.25, 0.3) is 11.4 Å². The molecule has 1 aliphatic rings. The topological polar surface area (TPSA) is 97.0 Å². The van der Waals surface area contributed by atoms with Crippen molar-refractivity contribution in [3.05, 3.63) is 60.0 Å². The van der Waals surface area contributed by atoms with Gasteiger partial charge < -0.3 is 14.7 Å². The lowest BCUT2D eigenvalue weighted by atomic mass is 9.95. The van der Waals surface area contributed by atoms with E-state index in [1.165, 1.54) is 5.56 Å². The highest BCUT2D eigenvalue weighted by molar-refractivity contribution is 5.74. The standard InChI is InChI=1S/C20H22N6O2/c1-14-4-6-15(7-5-14)19-24-18(28-25-19)11-22-20(27)26-10-2-3-16(12-26)17-8-9-21-13-23-17/h4-9,13,16H,2-3,10-12H2,1H3,(H,22,27)/t16-/m0/s1. The zero-order valence-corrected chi connectivity index (χ0v) is 15.7. The average Bonchev–Trinajstić information content (AvgIpc) is 3.22. The van der Waals surface area contributed by atoms with Crippen LogP contribution < -0.4 is 5.32 Å². The van der Waals surface area contributed by atoms with Gasteiger partial charge in [0.25, 0.3) is 0 Å². The second kappa shape index (κ2) is 8.16. The molecule has 144 valence electrons. The van der Waals surface area contributed by atoms with Gasteiger partial charge in [-0.1, -0.05) is 35.0 Å². The highest BCUT2D eigenvalue weighted by Crippen LogP contribution is 2.25. The van der Waals surface area contributed by atoms with Crippen molar-refractivity contribution in [3.63, 3.8) is 0 Å². The predicted octanol–water partition coefficient (Wildman–Crippen LogP) is 2.92. The van der Waals surface area contributed by atoms with Crippen molar-refractivity contribution < 1.29 is 9.32 Å². The van der Waals surface area contributed by atoms with Gasteiger partial charge in [0.2, 0.25) is 11.7 Å². The molecule has 0 spiro atoms. The number of aryl methyl sites for hydroxylation is 1. The van der Waals surface area contributed by atoms with E-state index in [0.717, 1.165) is 30.6 Å². The first-order valence-electron chi connectivity index (χ1n) is 9.37. The number of urea groups is 1. The Morgan fingerprint density at radius 2 is 2.14 bits per heavy atom. The highest BCUT2D eigenvalue weighted by Gasteiger charge is 2.25. The lowest BCUT2D eigenvalue weighted by molar-refractivity contribution is 0.177. The van der Waals surface area contributed by atoms with Gasteiger partial charge in [0.05, 0.1) is 6.54 Å². The maximum atomic E-state index is 12.6. The Morgan fingerprint density at radius 1 is 1.29 bits per heavy atom. The van der Waals surface area contributed by atoms with E-state index in [2.05, 4.69) is 25.4 Å². The van der Waals surface area contributed by atoms with E-state index in [9.17, 15) is 4.79 Å². The lowest BCUT2D eigenvalue weighted by Gasteiger charge is -2.32. The van der Waals surface area contributed by atoms with E-state index < -0.39 is 0 Å². The van der Waals surface area contributed by atoms with E-state index in [1.54, 1.807) is 12.5 Å². The largest absolute Gasteiger partial charge is 0.337 e. The van der Waals surface area contributed by atoms with Gasteiger partial charge >= 0.3 is 6.03 Å². The summed E-state index contributed by atoms with van der Waals surface area (Å²) in [5, 5.41) is 6.87. The summed E-state index contributed by atoms with van der Waals surface area (Å²) in [7, 11) is 0. The molecule has 1 saturated heterocycles. The zero-order chi connectivity index (χ0) is 19.3. The predicted molar refractivity (Wildman–Crippen MR) is 102 cm³/mol. The fourth-order valence-electron chi connectivity index (χ4n) is 3.36. The molecule has 0 unspecified atom stereocenters. The summed E-state index contributed by atoms with van der Waals surface area (Å²) >= 11 is 0. The number of hydrogen-bond donors (Lipinski definition) is 1. The fraction of sp³-hybridized carbons (Fsp3) is 0.350. The summed E-state index contributed by atoms with van der Waals surface area (Å²) in [6.45, 7) is 3.59. The van der Waals surface area contributed by atoms with E-state index in [1.807, 2.05) is 42.2 Å². The maximum absolute atomic E-state index is 12.6. The van der Waals surface area contributed by atoms with Crippen molar-refractivity contribution in [2.45, 2.75) is 32.2 Å². The fourth-order valence-corrected chi connectivity index (χ4v) is 3.36. The number of carbonyl (C=O) groups is 1. The summed E-state index contributed by atoms with van der Waals surface area (Å²) in [5.74, 6) is 1.14. The van der Waals surface area contributed by atoms with Crippen molar-refractivity contribution in [1.82, 2.24) is 30.3 Å². The molecule has 1 N–H and O–H groups in total. The first kappa shape index (κ1) is 18.1. The number of nitrogens with one attached hydrogen (secondary N) is 1. The van der Waals surface area contributed by atoms with Crippen LogP contribution in [-0.2, 0) is 6.54 Å². The average molecular weight is 378 g/mol. The molecular formula is C20H22N6O2. The number of piperidine rings is 1. The van der Waals surface area contributed by atoms with Crippen LogP contribution in [0.3, 0.4) is 0 Å². The SMILES string of the molecule is Cc1ccc(-c2noc(CNC(=O)N3CCC[C@H](c4ccncn4)C3)n2)cc1. The van der Waals surface area contributed by atoms with Gasteiger partial charge in [0.1, 0.15) is 6.33 Å². The minimum Gasteiger partial charge on any atom is -0.337 e. The van der Waals surface area contributed by atoms with Crippen molar-refractivity contribution in [2.75, 3.05) is 13.1 Å². The first-order chi connectivity index (χ1) is 13.7. The lowest BCUT2D eigenvalue weighted by Crippen LogP contribution is -2.44.